The van der Waals surface area contributed by atoms with Crippen molar-refractivity contribution in [2.45, 2.75) is 0 Å². The van der Waals surface area contributed by atoms with Gasteiger partial charge in [0.15, 0.2) is 0 Å². The number of hydrogen-bond donors (Lipinski definition) is 3. The van der Waals surface area contributed by atoms with Crippen LogP contribution in [0.4, 0.5) is 22.1 Å². The molecule has 2 rings (SSSR count). The van der Waals surface area contributed by atoms with Crippen molar-refractivity contribution in [1.29, 1.82) is 0 Å². The van der Waals surface area contributed by atoms with E-state index in [1.165, 1.54) is 24.5 Å². The van der Waals surface area contributed by atoms with Crippen LogP contribution in [0, 0.1) is 0 Å². The molecular weight excluding hydrogens is 374 g/mol. The molecule has 1 heterocycles. The lowest BCUT2D eigenvalue weighted by atomic mass is 10.3. The normalized spacial score (nSPS) is 10.8. The van der Waals surface area contributed by atoms with Crippen molar-refractivity contribution < 1.29 is 13.2 Å². The molecule has 0 aliphatic rings. The molecule has 0 spiro atoms. The first kappa shape index (κ1) is 16.2. The fraction of sp³-hybridized carbons (Fsp3) is 0.0833. The SMILES string of the molecule is CS(=O)(=O)Nc1ccc(NC(=O)Nc2ncc(Br)cn2)cc1. The Morgan fingerprint density at radius 2 is 1.59 bits per heavy atom. The fourth-order valence-electron chi connectivity index (χ4n) is 1.48. The van der Waals surface area contributed by atoms with E-state index in [9.17, 15) is 13.2 Å². The Morgan fingerprint density at radius 1 is 1.05 bits per heavy atom. The van der Waals surface area contributed by atoms with Gasteiger partial charge in [-0.25, -0.2) is 23.2 Å². The molecule has 0 radical (unpaired) electrons. The number of hydrogen-bond acceptors (Lipinski definition) is 5. The van der Waals surface area contributed by atoms with Crippen LogP contribution < -0.4 is 15.4 Å². The first-order valence-electron chi connectivity index (χ1n) is 5.95. The highest BCUT2D eigenvalue weighted by Crippen LogP contribution is 2.15. The van der Waals surface area contributed by atoms with Crippen LogP contribution in [0.1, 0.15) is 0 Å². The molecule has 1 aromatic heterocycles. The topological polar surface area (TPSA) is 113 Å². The van der Waals surface area contributed by atoms with Gasteiger partial charge >= 0.3 is 6.03 Å². The average molecular weight is 386 g/mol. The van der Waals surface area contributed by atoms with E-state index < -0.39 is 16.1 Å². The molecule has 22 heavy (non-hydrogen) atoms. The molecular formula is C12H12BrN5O3S. The van der Waals surface area contributed by atoms with Gasteiger partial charge in [-0.05, 0) is 40.2 Å². The maximum atomic E-state index is 11.8. The van der Waals surface area contributed by atoms with Crippen LogP contribution in [0.5, 0.6) is 0 Å². The molecule has 0 aliphatic carbocycles. The maximum absolute atomic E-state index is 11.8. The quantitative estimate of drug-likeness (QED) is 0.746. The van der Waals surface area contributed by atoms with Gasteiger partial charge in [-0.2, -0.15) is 0 Å². The Bertz CT molecular complexity index is 762. The molecule has 0 atom stereocenters. The Morgan fingerprint density at radius 3 is 2.14 bits per heavy atom. The van der Waals surface area contributed by atoms with Gasteiger partial charge in [-0.3, -0.25) is 10.0 Å². The maximum Gasteiger partial charge on any atom is 0.326 e. The summed E-state index contributed by atoms with van der Waals surface area (Å²) < 4.78 is 25.2. The highest BCUT2D eigenvalue weighted by Gasteiger charge is 2.06. The van der Waals surface area contributed by atoms with Crippen molar-refractivity contribution >= 4 is 49.3 Å². The number of urea groups is 1. The third kappa shape index (κ3) is 5.30. The summed E-state index contributed by atoms with van der Waals surface area (Å²) in [7, 11) is -3.33. The van der Waals surface area contributed by atoms with Gasteiger partial charge in [-0.15, -0.1) is 0 Å². The molecule has 3 N–H and O–H groups in total. The number of carbonyl (C=O) groups excluding carboxylic acids is 1. The number of nitrogens with zero attached hydrogens (tertiary/aromatic N) is 2. The first-order chi connectivity index (χ1) is 10.3. The van der Waals surface area contributed by atoms with Gasteiger partial charge in [0, 0.05) is 23.8 Å². The number of nitrogens with one attached hydrogen (secondary N) is 3. The summed E-state index contributed by atoms with van der Waals surface area (Å²) in [4.78, 5) is 19.6. The van der Waals surface area contributed by atoms with E-state index in [0.717, 1.165) is 6.26 Å². The van der Waals surface area contributed by atoms with Crippen LogP contribution in [-0.4, -0.2) is 30.7 Å². The van der Waals surface area contributed by atoms with Crippen LogP contribution >= 0.6 is 15.9 Å². The molecule has 0 unspecified atom stereocenters. The van der Waals surface area contributed by atoms with Crippen molar-refractivity contribution in [3.8, 4) is 0 Å². The van der Waals surface area contributed by atoms with Gasteiger partial charge in [0.05, 0.1) is 10.7 Å². The summed E-state index contributed by atoms with van der Waals surface area (Å²) in [6.07, 6.45) is 4.08. The number of anilines is 3. The molecule has 0 fully saturated rings. The van der Waals surface area contributed by atoms with Gasteiger partial charge in [-0.1, -0.05) is 0 Å². The number of aromatic nitrogens is 2. The van der Waals surface area contributed by atoms with Crippen LogP contribution in [-0.2, 0) is 10.0 Å². The predicted molar refractivity (Wildman–Crippen MR) is 87.3 cm³/mol. The van der Waals surface area contributed by atoms with Crippen LogP contribution in [0.3, 0.4) is 0 Å². The molecule has 0 saturated carbocycles. The molecule has 0 saturated heterocycles. The Hall–Kier alpha value is -2.20. The lowest BCUT2D eigenvalue weighted by Crippen LogP contribution is -2.20. The zero-order valence-corrected chi connectivity index (χ0v) is 13.8. The van der Waals surface area contributed by atoms with Crippen molar-refractivity contribution in [3.63, 3.8) is 0 Å². The van der Waals surface area contributed by atoms with Gasteiger partial charge < -0.3 is 5.32 Å². The third-order valence-corrected chi connectivity index (χ3v) is 3.31. The fourth-order valence-corrected chi connectivity index (χ4v) is 2.25. The Kier molecular flexibility index (Phi) is 4.93. The summed E-state index contributed by atoms with van der Waals surface area (Å²) in [5.41, 5.74) is 0.901. The molecule has 0 bridgehead atoms. The zero-order valence-electron chi connectivity index (χ0n) is 11.4. The van der Waals surface area contributed by atoms with Crippen LogP contribution in [0.25, 0.3) is 0 Å². The van der Waals surface area contributed by atoms with Crippen molar-refractivity contribution in [2.75, 3.05) is 21.6 Å². The molecule has 8 nitrogen and oxygen atoms in total. The lowest BCUT2D eigenvalue weighted by molar-refractivity contribution is 0.262. The van der Waals surface area contributed by atoms with Gasteiger partial charge in [0.1, 0.15) is 0 Å². The van der Waals surface area contributed by atoms with Crippen molar-refractivity contribution in [3.05, 3.63) is 41.1 Å². The Balaban J connectivity index is 1.95. The highest BCUT2D eigenvalue weighted by atomic mass is 79.9. The first-order valence-corrected chi connectivity index (χ1v) is 8.64. The van der Waals surface area contributed by atoms with E-state index in [4.69, 9.17) is 0 Å². The van der Waals surface area contributed by atoms with Crippen LogP contribution in [0.2, 0.25) is 0 Å². The van der Waals surface area contributed by atoms with Crippen molar-refractivity contribution in [2.24, 2.45) is 0 Å². The predicted octanol–water partition coefficient (Wildman–Crippen LogP) is 2.25. The molecule has 0 aliphatic heterocycles. The summed E-state index contributed by atoms with van der Waals surface area (Å²) >= 11 is 3.19. The monoisotopic (exact) mass is 385 g/mol. The molecule has 10 heteroatoms. The van der Waals surface area contributed by atoms with E-state index in [-0.39, 0.29) is 5.95 Å². The average Bonchev–Trinajstić information content (AvgIpc) is 2.42. The van der Waals surface area contributed by atoms with E-state index in [2.05, 4.69) is 41.3 Å². The molecule has 116 valence electrons. The minimum absolute atomic E-state index is 0.163. The largest absolute Gasteiger partial charge is 0.326 e. The van der Waals surface area contributed by atoms with Gasteiger partial charge in [0.2, 0.25) is 16.0 Å². The molecule has 1 aromatic carbocycles. The number of rotatable bonds is 4. The van der Waals surface area contributed by atoms with Crippen molar-refractivity contribution in [1.82, 2.24) is 9.97 Å². The lowest BCUT2D eigenvalue weighted by Gasteiger charge is -2.08. The summed E-state index contributed by atoms with van der Waals surface area (Å²) in [5.74, 6) is 0.163. The van der Waals surface area contributed by atoms with E-state index >= 15 is 0 Å². The molecule has 2 amide bonds. The second kappa shape index (κ2) is 6.71. The van der Waals surface area contributed by atoms with Crippen LogP contribution in [0.15, 0.2) is 41.1 Å². The smallest absolute Gasteiger partial charge is 0.308 e. The number of amides is 2. The Labute approximate surface area is 135 Å². The van der Waals surface area contributed by atoms with Gasteiger partial charge in [0.25, 0.3) is 0 Å². The number of carbonyl (C=O) groups is 1. The zero-order chi connectivity index (χ0) is 16.2. The summed E-state index contributed by atoms with van der Waals surface area (Å²) in [5, 5.41) is 5.04. The molecule has 2 aromatic rings. The van der Waals surface area contributed by atoms with E-state index in [1.807, 2.05) is 0 Å². The minimum atomic E-state index is -3.33. The number of halogens is 1. The van der Waals surface area contributed by atoms with E-state index in [1.54, 1.807) is 12.1 Å². The second-order valence-corrected chi connectivity index (χ2v) is 6.92. The highest BCUT2D eigenvalue weighted by molar-refractivity contribution is 9.10. The number of benzene rings is 1. The second-order valence-electron chi connectivity index (χ2n) is 4.26. The van der Waals surface area contributed by atoms with E-state index in [0.29, 0.717) is 15.8 Å². The summed E-state index contributed by atoms with van der Waals surface area (Å²) in [6.45, 7) is 0. The summed E-state index contributed by atoms with van der Waals surface area (Å²) in [6, 6.07) is 5.69. The third-order valence-electron chi connectivity index (χ3n) is 2.29. The standard InChI is InChI=1S/C12H12BrN5O3S/c1-22(20,21)18-10-4-2-9(3-5-10)16-12(19)17-11-14-6-8(13)7-15-11/h2-7,18H,1H3,(H2,14,15,16,17,19). The number of sulfonamides is 1. The minimum Gasteiger partial charge on any atom is -0.308 e.